The molecule has 2 N–H and O–H groups in total. The van der Waals surface area contributed by atoms with Crippen LogP contribution in [0, 0.1) is 12.7 Å². The third kappa shape index (κ3) is 3.59. The number of carbonyl (C=O) groups excluding carboxylic acids is 1. The van der Waals surface area contributed by atoms with Gasteiger partial charge in [-0.2, -0.15) is 0 Å². The Balaban J connectivity index is 2.53. The summed E-state index contributed by atoms with van der Waals surface area (Å²) in [7, 11) is 0. The molecular weight excluding hydrogens is 299 g/mol. The topological polar surface area (TPSA) is 73.4 Å². The van der Waals surface area contributed by atoms with Crippen molar-refractivity contribution in [2.75, 3.05) is 13.1 Å². The molecule has 23 heavy (non-hydrogen) atoms. The number of aliphatic hydroxyl groups is 1. The first-order chi connectivity index (χ1) is 10.6. The summed E-state index contributed by atoms with van der Waals surface area (Å²) in [5, 5.41) is 10.0. The van der Waals surface area contributed by atoms with Crippen molar-refractivity contribution in [2.24, 2.45) is 0 Å². The largest absolute Gasteiger partial charge is 0.389 e. The van der Waals surface area contributed by atoms with Crippen LogP contribution in [0.2, 0.25) is 0 Å². The lowest BCUT2D eigenvalue weighted by Crippen LogP contribution is -2.43. The Morgan fingerprint density at radius 1 is 1.39 bits per heavy atom. The number of halogens is 1. The average molecular weight is 320 g/mol. The van der Waals surface area contributed by atoms with Crippen molar-refractivity contribution in [1.82, 2.24) is 9.88 Å². The van der Waals surface area contributed by atoms with E-state index in [0.717, 1.165) is 6.07 Å². The number of hydrogen-bond donors (Lipinski definition) is 2. The van der Waals surface area contributed by atoms with E-state index in [1.54, 1.807) is 27.7 Å². The van der Waals surface area contributed by atoms with E-state index >= 15 is 0 Å². The van der Waals surface area contributed by atoms with Crippen LogP contribution in [-0.4, -0.2) is 39.6 Å². The Bertz CT molecular complexity index is 806. The Morgan fingerprint density at radius 3 is 2.61 bits per heavy atom. The van der Waals surface area contributed by atoms with Crippen LogP contribution in [0.15, 0.2) is 23.1 Å². The molecule has 1 aromatic carbocycles. The van der Waals surface area contributed by atoms with Crippen LogP contribution in [0.5, 0.6) is 0 Å². The molecule has 0 atom stereocenters. The Kier molecular flexibility index (Phi) is 4.56. The number of fused-ring (bicyclic) bond motifs is 1. The fourth-order valence-electron chi connectivity index (χ4n) is 2.59. The third-order valence-corrected chi connectivity index (χ3v) is 3.63. The van der Waals surface area contributed by atoms with Crippen molar-refractivity contribution in [3.05, 3.63) is 45.5 Å². The van der Waals surface area contributed by atoms with Gasteiger partial charge in [-0.15, -0.1) is 0 Å². The number of rotatable bonds is 4. The number of aromatic amines is 1. The number of pyridine rings is 1. The molecule has 124 valence electrons. The fraction of sp³-hybridized carbons (Fsp3) is 0.412. The minimum Gasteiger partial charge on any atom is -0.389 e. The fourth-order valence-corrected chi connectivity index (χ4v) is 2.59. The van der Waals surface area contributed by atoms with E-state index in [0.29, 0.717) is 17.6 Å². The lowest BCUT2D eigenvalue weighted by molar-refractivity contribution is 0.0314. The maximum absolute atomic E-state index is 13.6. The molecule has 0 unspecified atom stereocenters. The van der Waals surface area contributed by atoms with Gasteiger partial charge in [0.1, 0.15) is 11.4 Å². The average Bonchev–Trinajstić information content (AvgIpc) is 2.44. The summed E-state index contributed by atoms with van der Waals surface area (Å²) < 4.78 is 13.6. The SMILES string of the molecule is CCN(CC(C)(C)O)C(=O)c1c[nH]c2c(C)cc(F)cc2c1=O. The molecule has 1 aromatic heterocycles. The van der Waals surface area contributed by atoms with Gasteiger partial charge in [0, 0.05) is 24.7 Å². The predicted molar refractivity (Wildman–Crippen MR) is 87.1 cm³/mol. The van der Waals surface area contributed by atoms with Crippen LogP contribution in [0.1, 0.15) is 36.7 Å². The molecule has 5 nitrogen and oxygen atoms in total. The molecule has 1 amide bonds. The summed E-state index contributed by atoms with van der Waals surface area (Å²) in [5.41, 5.74) is -0.537. The van der Waals surface area contributed by atoms with Gasteiger partial charge in [-0.1, -0.05) is 0 Å². The first-order valence-electron chi connectivity index (χ1n) is 7.47. The van der Waals surface area contributed by atoms with Crippen molar-refractivity contribution in [1.29, 1.82) is 0 Å². The minimum absolute atomic E-state index is 0.0615. The molecule has 0 aliphatic carbocycles. The summed E-state index contributed by atoms with van der Waals surface area (Å²) in [6.07, 6.45) is 1.35. The van der Waals surface area contributed by atoms with E-state index in [1.807, 2.05) is 0 Å². The van der Waals surface area contributed by atoms with E-state index in [2.05, 4.69) is 4.98 Å². The molecule has 0 saturated heterocycles. The molecule has 0 saturated carbocycles. The normalized spacial score (nSPS) is 11.7. The van der Waals surface area contributed by atoms with Crippen molar-refractivity contribution >= 4 is 16.8 Å². The summed E-state index contributed by atoms with van der Waals surface area (Å²) in [6.45, 7) is 7.08. The maximum Gasteiger partial charge on any atom is 0.259 e. The molecule has 0 fully saturated rings. The molecule has 2 aromatic rings. The highest BCUT2D eigenvalue weighted by molar-refractivity contribution is 5.97. The lowest BCUT2D eigenvalue weighted by atomic mass is 10.1. The number of H-pyrrole nitrogens is 1. The Morgan fingerprint density at radius 2 is 2.04 bits per heavy atom. The van der Waals surface area contributed by atoms with Crippen molar-refractivity contribution in [3.8, 4) is 0 Å². The third-order valence-electron chi connectivity index (χ3n) is 3.63. The molecule has 2 rings (SSSR count). The molecule has 0 bridgehead atoms. The summed E-state index contributed by atoms with van der Waals surface area (Å²) in [5.74, 6) is -1.01. The number of likely N-dealkylation sites (N-methyl/N-ethyl adjacent to an activating group) is 1. The van der Waals surface area contributed by atoms with E-state index in [4.69, 9.17) is 0 Å². The predicted octanol–water partition coefficient (Wildman–Crippen LogP) is 2.21. The second-order valence-corrected chi connectivity index (χ2v) is 6.31. The smallest absolute Gasteiger partial charge is 0.259 e. The van der Waals surface area contributed by atoms with Crippen molar-refractivity contribution < 1.29 is 14.3 Å². The quantitative estimate of drug-likeness (QED) is 0.907. The Labute approximate surface area is 133 Å². The standard InChI is InChI=1S/C17H21FN2O3/c1-5-20(9-17(3,4)23)16(22)13-8-19-14-10(2)6-11(18)7-12(14)15(13)21/h6-8,23H,5,9H2,1-4H3,(H,19,21). The van der Waals surface area contributed by atoms with Gasteiger partial charge < -0.3 is 15.0 Å². The van der Waals surface area contributed by atoms with Crippen LogP contribution in [0.25, 0.3) is 10.9 Å². The van der Waals surface area contributed by atoms with Gasteiger partial charge in [0.05, 0.1) is 11.1 Å². The molecular formula is C17H21FN2O3. The summed E-state index contributed by atoms with van der Waals surface area (Å²) >= 11 is 0. The maximum atomic E-state index is 13.6. The van der Waals surface area contributed by atoms with Crippen LogP contribution < -0.4 is 5.43 Å². The minimum atomic E-state index is -1.07. The Hall–Kier alpha value is -2.21. The number of nitrogens with zero attached hydrogens (tertiary/aromatic N) is 1. The number of amides is 1. The zero-order valence-electron chi connectivity index (χ0n) is 13.7. The summed E-state index contributed by atoms with van der Waals surface area (Å²) in [6, 6.07) is 2.45. The van der Waals surface area contributed by atoms with Crippen LogP contribution in [0.4, 0.5) is 4.39 Å². The van der Waals surface area contributed by atoms with Crippen LogP contribution in [0.3, 0.4) is 0 Å². The first kappa shape index (κ1) is 17.1. The molecule has 0 aliphatic rings. The lowest BCUT2D eigenvalue weighted by Gasteiger charge is -2.28. The van der Waals surface area contributed by atoms with Gasteiger partial charge in [-0.3, -0.25) is 9.59 Å². The second-order valence-electron chi connectivity index (χ2n) is 6.31. The van der Waals surface area contributed by atoms with E-state index in [9.17, 15) is 19.1 Å². The molecule has 6 heteroatoms. The molecule has 0 radical (unpaired) electrons. The van der Waals surface area contributed by atoms with Gasteiger partial charge in [-0.05, 0) is 45.4 Å². The summed E-state index contributed by atoms with van der Waals surface area (Å²) in [4.78, 5) is 29.4. The molecule has 0 aliphatic heterocycles. The second kappa shape index (κ2) is 6.12. The highest BCUT2D eigenvalue weighted by atomic mass is 19.1. The first-order valence-corrected chi connectivity index (χ1v) is 7.47. The highest BCUT2D eigenvalue weighted by Crippen LogP contribution is 2.16. The number of nitrogens with one attached hydrogen (secondary N) is 1. The van der Waals surface area contributed by atoms with E-state index in [1.165, 1.54) is 17.2 Å². The van der Waals surface area contributed by atoms with Gasteiger partial charge >= 0.3 is 0 Å². The van der Waals surface area contributed by atoms with E-state index in [-0.39, 0.29) is 17.5 Å². The van der Waals surface area contributed by atoms with E-state index < -0.39 is 22.8 Å². The number of aromatic nitrogens is 1. The molecule has 0 spiro atoms. The zero-order chi connectivity index (χ0) is 17.4. The highest BCUT2D eigenvalue weighted by Gasteiger charge is 2.24. The van der Waals surface area contributed by atoms with Gasteiger partial charge in [0.15, 0.2) is 0 Å². The molecule has 1 heterocycles. The zero-order valence-corrected chi connectivity index (χ0v) is 13.7. The van der Waals surface area contributed by atoms with Crippen LogP contribution >= 0.6 is 0 Å². The van der Waals surface area contributed by atoms with Crippen molar-refractivity contribution in [2.45, 2.75) is 33.3 Å². The number of hydrogen-bond acceptors (Lipinski definition) is 3. The van der Waals surface area contributed by atoms with Crippen molar-refractivity contribution in [3.63, 3.8) is 0 Å². The van der Waals surface area contributed by atoms with Gasteiger partial charge in [-0.25, -0.2) is 4.39 Å². The van der Waals surface area contributed by atoms with Crippen LogP contribution in [-0.2, 0) is 0 Å². The number of aryl methyl sites for hydroxylation is 1. The van der Waals surface area contributed by atoms with Gasteiger partial charge in [0.2, 0.25) is 5.43 Å². The van der Waals surface area contributed by atoms with Gasteiger partial charge in [0.25, 0.3) is 5.91 Å². The monoisotopic (exact) mass is 320 g/mol. The number of benzene rings is 1. The number of carbonyl (C=O) groups is 1.